The summed E-state index contributed by atoms with van der Waals surface area (Å²) in [5, 5.41) is 0. The standard InChI is InChI=1S/C20H32N4O2/c1-20(2,3)17-12-18(25)24(14-21-17)13-15-7-10-23(11-8-15)16-6-5-9-22(4)19(16)26/h12,14-16H,5-11,13H2,1-4H3. The SMILES string of the molecule is CN1CCCC(N2CCC(Cn3cnc(C(C)(C)C)cc3=O)CC2)C1=O. The molecule has 26 heavy (non-hydrogen) atoms. The fourth-order valence-electron chi connectivity index (χ4n) is 4.05. The summed E-state index contributed by atoms with van der Waals surface area (Å²) >= 11 is 0. The molecule has 0 saturated carbocycles. The van der Waals surface area contributed by atoms with Crippen molar-refractivity contribution in [3.8, 4) is 0 Å². The summed E-state index contributed by atoms with van der Waals surface area (Å²) < 4.78 is 1.75. The Morgan fingerprint density at radius 3 is 2.42 bits per heavy atom. The molecule has 6 nitrogen and oxygen atoms in total. The van der Waals surface area contributed by atoms with Crippen LogP contribution in [0.4, 0.5) is 0 Å². The molecule has 1 aromatic heterocycles. The lowest BCUT2D eigenvalue weighted by atomic mass is 9.92. The van der Waals surface area contributed by atoms with Gasteiger partial charge in [0.1, 0.15) is 0 Å². The van der Waals surface area contributed by atoms with E-state index in [0.29, 0.717) is 5.92 Å². The summed E-state index contributed by atoms with van der Waals surface area (Å²) in [6, 6.07) is 1.73. The zero-order valence-electron chi connectivity index (χ0n) is 16.6. The quantitative estimate of drug-likeness (QED) is 0.826. The van der Waals surface area contributed by atoms with Crippen molar-refractivity contribution in [3.05, 3.63) is 28.4 Å². The molecule has 3 rings (SSSR count). The Morgan fingerprint density at radius 2 is 1.81 bits per heavy atom. The minimum Gasteiger partial charge on any atom is -0.344 e. The van der Waals surface area contributed by atoms with Crippen molar-refractivity contribution in [3.63, 3.8) is 0 Å². The van der Waals surface area contributed by atoms with Gasteiger partial charge in [0.15, 0.2) is 0 Å². The van der Waals surface area contributed by atoms with Gasteiger partial charge in [-0.25, -0.2) is 4.98 Å². The summed E-state index contributed by atoms with van der Waals surface area (Å²) in [6.45, 7) is 9.69. The van der Waals surface area contributed by atoms with Crippen LogP contribution < -0.4 is 5.56 Å². The fourth-order valence-corrected chi connectivity index (χ4v) is 4.05. The van der Waals surface area contributed by atoms with E-state index in [0.717, 1.165) is 57.6 Å². The molecule has 6 heteroatoms. The van der Waals surface area contributed by atoms with Crippen LogP contribution in [0.2, 0.25) is 0 Å². The first-order valence-electron chi connectivity index (χ1n) is 9.81. The number of hydrogen-bond acceptors (Lipinski definition) is 4. The molecule has 0 aliphatic carbocycles. The van der Waals surface area contributed by atoms with Crippen molar-refractivity contribution >= 4 is 5.91 Å². The van der Waals surface area contributed by atoms with E-state index in [1.165, 1.54) is 0 Å². The lowest BCUT2D eigenvalue weighted by Crippen LogP contribution is -2.53. The number of carbonyl (C=O) groups is 1. The van der Waals surface area contributed by atoms with Crippen LogP contribution in [0.1, 0.15) is 52.1 Å². The third-order valence-electron chi connectivity index (χ3n) is 5.83. The average molecular weight is 361 g/mol. The molecule has 0 spiro atoms. The molecule has 3 heterocycles. The van der Waals surface area contributed by atoms with Crippen molar-refractivity contribution in [2.45, 2.75) is 64.5 Å². The second kappa shape index (κ2) is 7.51. The van der Waals surface area contributed by atoms with E-state index in [4.69, 9.17) is 0 Å². The van der Waals surface area contributed by atoms with Crippen LogP contribution >= 0.6 is 0 Å². The molecule has 0 N–H and O–H groups in total. The Bertz CT molecular complexity index is 698. The van der Waals surface area contributed by atoms with Crippen molar-refractivity contribution in [1.29, 1.82) is 0 Å². The summed E-state index contributed by atoms with van der Waals surface area (Å²) in [4.78, 5) is 33.5. The fraction of sp³-hybridized carbons (Fsp3) is 0.750. The van der Waals surface area contributed by atoms with Gasteiger partial charge in [-0.05, 0) is 44.7 Å². The normalized spacial score (nSPS) is 23.5. The van der Waals surface area contributed by atoms with Gasteiger partial charge < -0.3 is 4.90 Å². The van der Waals surface area contributed by atoms with Crippen LogP contribution in [0.15, 0.2) is 17.2 Å². The molecule has 2 aliphatic heterocycles. The Kier molecular flexibility index (Phi) is 5.51. The van der Waals surface area contributed by atoms with Crippen LogP contribution in [-0.4, -0.2) is 58.0 Å². The second-order valence-corrected chi connectivity index (χ2v) is 8.91. The van der Waals surface area contributed by atoms with Crippen molar-refractivity contribution in [2.24, 2.45) is 5.92 Å². The second-order valence-electron chi connectivity index (χ2n) is 8.91. The monoisotopic (exact) mass is 360 g/mol. The number of piperidine rings is 2. The summed E-state index contributed by atoms with van der Waals surface area (Å²) in [7, 11) is 1.90. The number of amides is 1. The molecule has 144 valence electrons. The number of likely N-dealkylation sites (N-methyl/N-ethyl adjacent to an activating group) is 1. The lowest BCUT2D eigenvalue weighted by molar-refractivity contribution is -0.139. The van der Waals surface area contributed by atoms with Crippen LogP contribution in [0, 0.1) is 5.92 Å². The highest BCUT2D eigenvalue weighted by molar-refractivity contribution is 5.82. The highest BCUT2D eigenvalue weighted by atomic mass is 16.2. The van der Waals surface area contributed by atoms with E-state index >= 15 is 0 Å². The molecule has 0 radical (unpaired) electrons. The van der Waals surface area contributed by atoms with Gasteiger partial charge in [0.2, 0.25) is 5.91 Å². The van der Waals surface area contributed by atoms with Gasteiger partial charge in [0.05, 0.1) is 18.1 Å². The van der Waals surface area contributed by atoms with E-state index in [1.54, 1.807) is 17.0 Å². The number of nitrogens with zero attached hydrogens (tertiary/aromatic N) is 4. The summed E-state index contributed by atoms with van der Waals surface area (Å²) in [6.07, 6.45) is 5.83. The number of rotatable bonds is 3. The van der Waals surface area contributed by atoms with Gasteiger partial charge in [0.25, 0.3) is 5.56 Å². The minimum atomic E-state index is -0.108. The zero-order chi connectivity index (χ0) is 18.9. The van der Waals surface area contributed by atoms with E-state index in [9.17, 15) is 9.59 Å². The van der Waals surface area contributed by atoms with Crippen LogP contribution in [0.5, 0.6) is 0 Å². The van der Waals surface area contributed by atoms with Crippen molar-refractivity contribution < 1.29 is 4.79 Å². The number of likely N-dealkylation sites (tertiary alicyclic amines) is 2. The maximum Gasteiger partial charge on any atom is 0.253 e. The molecular weight excluding hydrogens is 328 g/mol. The molecule has 2 aliphatic rings. The minimum absolute atomic E-state index is 0.0384. The van der Waals surface area contributed by atoms with Gasteiger partial charge >= 0.3 is 0 Å². The topological polar surface area (TPSA) is 58.4 Å². The molecule has 2 fully saturated rings. The highest BCUT2D eigenvalue weighted by Gasteiger charge is 2.33. The summed E-state index contributed by atoms with van der Waals surface area (Å²) in [5.41, 5.74) is 0.772. The lowest BCUT2D eigenvalue weighted by Gasteiger charge is -2.40. The Morgan fingerprint density at radius 1 is 1.12 bits per heavy atom. The van der Waals surface area contributed by atoms with Gasteiger partial charge in [-0.15, -0.1) is 0 Å². The van der Waals surface area contributed by atoms with Crippen LogP contribution in [0.3, 0.4) is 0 Å². The predicted molar refractivity (Wildman–Crippen MR) is 102 cm³/mol. The molecule has 2 saturated heterocycles. The molecule has 1 amide bonds. The zero-order valence-corrected chi connectivity index (χ0v) is 16.6. The Hall–Kier alpha value is -1.69. The number of carbonyl (C=O) groups excluding carboxylic acids is 1. The number of aromatic nitrogens is 2. The third-order valence-corrected chi connectivity index (χ3v) is 5.83. The maximum absolute atomic E-state index is 12.4. The van der Waals surface area contributed by atoms with Crippen LogP contribution in [-0.2, 0) is 16.8 Å². The van der Waals surface area contributed by atoms with E-state index in [1.807, 2.05) is 11.9 Å². The molecule has 0 aromatic carbocycles. The Labute approximate surface area is 156 Å². The maximum atomic E-state index is 12.4. The van der Waals surface area contributed by atoms with E-state index in [-0.39, 0.29) is 22.9 Å². The first kappa shape index (κ1) is 19.1. The average Bonchev–Trinajstić information content (AvgIpc) is 2.59. The van der Waals surface area contributed by atoms with Gasteiger partial charge in [-0.2, -0.15) is 0 Å². The largest absolute Gasteiger partial charge is 0.344 e. The highest BCUT2D eigenvalue weighted by Crippen LogP contribution is 2.24. The van der Waals surface area contributed by atoms with Gasteiger partial charge in [0, 0.05) is 31.6 Å². The van der Waals surface area contributed by atoms with Crippen LogP contribution in [0.25, 0.3) is 0 Å². The van der Waals surface area contributed by atoms with E-state index < -0.39 is 0 Å². The first-order chi connectivity index (χ1) is 12.3. The third kappa shape index (κ3) is 4.17. The van der Waals surface area contributed by atoms with Gasteiger partial charge in [-0.3, -0.25) is 19.1 Å². The molecule has 1 aromatic rings. The van der Waals surface area contributed by atoms with Gasteiger partial charge in [-0.1, -0.05) is 20.8 Å². The molecule has 0 bridgehead atoms. The first-order valence-corrected chi connectivity index (χ1v) is 9.81. The van der Waals surface area contributed by atoms with E-state index in [2.05, 4.69) is 30.7 Å². The summed E-state index contributed by atoms with van der Waals surface area (Å²) in [5.74, 6) is 0.746. The van der Waals surface area contributed by atoms with Crippen molar-refractivity contribution in [2.75, 3.05) is 26.7 Å². The smallest absolute Gasteiger partial charge is 0.253 e. The predicted octanol–water partition coefficient (Wildman–Crippen LogP) is 1.87. The molecule has 1 atom stereocenters. The Balaban J connectivity index is 1.58. The molecular formula is C20H32N4O2. The number of hydrogen-bond donors (Lipinski definition) is 0. The van der Waals surface area contributed by atoms with Crippen molar-refractivity contribution in [1.82, 2.24) is 19.4 Å². The molecule has 1 unspecified atom stereocenters.